The van der Waals surface area contributed by atoms with Crippen LogP contribution >= 0.6 is 0 Å². The average Bonchev–Trinajstić information content (AvgIpc) is 2.83. The summed E-state index contributed by atoms with van der Waals surface area (Å²) >= 11 is 0. The third kappa shape index (κ3) is 1.79. The van der Waals surface area contributed by atoms with Crippen LogP contribution in [0.3, 0.4) is 0 Å². The number of nitrogens with zero attached hydrogens (tertiary/aromatic N) is 4. The topological polar surface area (TPSA) is 80.0 Å². The molecule has 0 aliphatic carbocycles. The van der Waals surface area contributed by atoms with Gasteiger partial charge in [0.15, 0.2) is 5.82 Å². The fourth-order valence-corrected chi connectivity index (χ4v) is 1.99. The summed E-state index contributed by atoms with van der Waals surface area (Å²) in [5, 5.41) is 13.4. The largest absolute Gasteiger partial charge is 0.399 e. The van der Waals surface area contributed by atoms with Gasteiger partial charge in [0.1, 0.15) is 11.8 Å². The Morgan fingerprint density at radius 3 is 2.89 bits per heavy atom. The summed E-state index contributed by atoms with van der Waals surface area (Å²) in [6, 6.07) is 11.2. The van der Waals surface area contributed by atoms with Gasteiger partial charge < -0.3 is 5.73 Å². The molecule has 5 nitrogen and oxygen atoms in total. The lowest BCUT2D eigenvalue weighted by atomic mass is 10.1. The lowest BCUT2D eigenvalue weighted by Crippen LogP contribution is -2.00. The maximum atomic E-state index is 9.03. The van der Waals surface area contributed by atoms with E-state index >= 15 is 0 Å². The molecule has 19 heavy (non-hydrogen) atoms. The van der Waals surface area contributed by atoms with Gasteiger partial charge in [0.2, 0.25) is 0 Å². The van der Waals surface area contributed by atoms with Gasteiger partial charge in [-0.25, -0.2) is 9.50 Å². The van der Waals surface area contributed by atoms with Crippen molar-refractivity contribution >= 4 is 11.2 Å². The normalized spacial score (nSPS) is 10.5. The van der Waals surface area contributed by atoms with Crippen molar-refractivity contribution in [2.24, 2.45) is 0 Å². The summed E-state index contributed by atoms with van der Waals surface area (Å²) in [7, 11) is 0. The Kier molecular flexibility index (Phi) is 2.43. The number of nitrogen functional groups attached to an aromatic ring is 1. The first-order valence-corrected chi connectivity index (χ1v) is 5.80. The third-order valence-electron chi connectivity index (χ3n) is 3.02. The SMILES string of the molecule is Cc1ccc(N)cc1-c1ncc2ccc(C#N)n2n1. The Bertz CT molecular complexity index is 810. The fraction of sp³-hybridized carbons (Fsp3) is 0.0714. The Hall–Kier alpha value is -2.87. The van der Waals surface area contributed by atoms with E-state index in [9.17, 15) is 0 Å². The van der Waals surface area contributed by atoms with Crippen molar-refractivity contribution in [2.45, 2.75) is 6.92 Å². The van der Waals surface area contributed by atoms with E-state index in [1.807, 2.05) is 31.2 Å². The maximum Gasteiger partial charge on any atom is 0.180 e. The highest BCUT2D eigenvalue weighted by atomic mass is 15.3. The molecule has 3 rings (SSSR count). The molecule has 3 aromatic rings. The molecule has 0 saturated carbocycles. The molecule has 1 aromatic carbocycles. The molecule has 0 aliphatic heterocycles. The highest BCUT2D eigenvalue weighted by molar-refractivity contribution is 5.65. The van der Waals surface area contributed by atoms with Gasteiger partial charge in [0.25, 0.3) is 0 Å². The van der Waals surface area contributed by atoms with E-state index in [0.717, 1.165) is 16.6 Å². The molecular weight excluding hydrogens is 238 g/mol. The number of anilines is 1. The number of nitrogens with two attached hydrogens (primary N) is 1. The van der Waals surface area contributed by atoms with Crippen LogP contribution in [0.2, 0.25) is 0 Å². The van der Waals surface area contributed by atoms with Gasteiger partial charge >= 0.3 is 0 Å². The van der Waals surface area contributed by atoms with Gasteiger partial charge in [-0.3, -0.25) is 0 Å². The minimum Gasteiger partial charge on any atom is -0.399 e. The van der Waals surface area contributed by atoms with Crippen LogP contribution in [0.4, 0.5) is 5.69 Å². The summed E-state index contributed by atoms with van der Waals surface area (Å²) in [6.45, 7) is 1.98. The molecule has 2 heterocycles. The van der Waals surface area contributed by atoms with Crippen LogP contribution in [0, 0.1) is 18.3 Å². The van der Waals surface area contributed by atoms with E-state index in [2.05, 4.69) is 16.2 Å². The summed E-state index contributed by atoms with van der Waals surface area (Å²) in [5.74, 6) is 0.560. The second-order valence-electron chi connectivity index (χ2n) is 4.32. The highest BCUT2D eigenvalue weighted by Crippen LogP contribution is 2.22. The number of aromatic nitrogens is 3. The van der Waals surface area contributed by atoms with Crippen LogP contribution in [0.1, 0.15) is 11.3 Å². The Balaban J connectivity index is 2.25. The second-order valence-corrected chi connectivity index (χ2v) is 4.32. The van der Waals surface area contributed by atoms with E-state index in [-0.39, 0.29) is 0 Å². The molecule has 0 unspecified atom stereocenters. The first-order valence-electron chi connectivity index (χ1n) is 5.80. The molecular formula is C14H11N5. The van der Waals surface area contributed by atoms with Gasteiger partial charge in [-0.15, -0.1) is 5.10 Å². The molecule has 0 fully saturated rings. The van der Waals surface area contributed by atoms with Crippen LogP contribution in [-0.2, 0) is 0 Å². The standard InChI is InChI=1S/C14H11N5/c1-9-2-3-10(16)6-13(9)14-17-8-12-5-4-11(7-15)19(12)18-14/h2-6,8H,16H2,1H3. The highest BCUT2D eigenvalue weighted by Gasteiger charge is 2.09. The first kappa shape index (κ1) is 11.2. The molecule has 2 N–H and O–H groups in total. The Labute approximate surface area is 109 Å². The molecule has 0 saturated heterocycles. The zero-order valence-electron chi connectivity index (χ0n) is 10.3. The fourth-order valence-electron chi connectivity index (χ4n) is 1.99. The summed E-state index contributed by atoms with van der Waals surface area (Å²) < 4.78 is 1.59. The molecule has 0 bridgehead atoms. The smallest absolute Gasteiger partial charge is 0.180 e. The van der Waals surface area contributed by atoms with Crippen molar-refractivity contribution in [2.75, 3.05) is 5.73 Å². The molecule has 2 aromatic heterocycles. The molecule has 0 atom stereocenters. The number of rotatable bonds is 1. The minimum atomic E-state index is 0.486. The summed E-state index contributed by atoms with van der Waals surface area (Å²) in [4.78, 5) is 4.33. The first-order chi connectivity index (χ1) is 9.19. The lowest BCUT2D eigenvalue weighted by molar-refractivity contribution is 0.898. The van der Waals surface area contributed by atoms with Crippen LogP contribution in [0.5, 0.6) is 0 Å². The lowest BCUT2D eigenvalue weighted by Gasteiger charge is -2.06. The number of hydrogen-bond acceptors (Lipinski definition) is 4. The van der Waals surface area contributed by atoms with Crippen molar-refractivity contribution < 1.29 is 0 Å². The van der Waals surface area contributed by atoms with Crippen molar-refractivity contribution in [1.29, 1.82) is 5.26 Å². The van der Waals surface area contributed by atoms with Crippen LogP contribution in [-0.4, -0.2) is 14.6 Å². The van der Waals surface area contributed by atoms with Gasteiger partial charge in [0, 0.05) is 11.3 Å². The van der Waals surface area contributed by atoms with Gasteiger partial charge in [0.05, 0.1) is 11.7 Å². The van der Waals surface area contributed by atoms with E-state index in [1.165, 1.54) is 0 Å². The number of nitriles is 1. The summed E-state index contributed by atoms with van der Waals surface area (Å²) in [6.07, 6.45) is 1.70. The van der Waals surface area contributed by atoms with E-state index in [0.29, 0.717) is 17.2 Å². The molecule has 0 spiro atoms. The predicted molar refractivity (Wildman–Crippen MR) is 72.3 cm³/mol. The van der Waals surface area contributed by atoms with Crippen LogP contribution < -0.4 is 5.73 Å². The van der Waals surface area contributed by atoms with Gasteiger partial charge in [-0.1, -0.05) is 6.07 Å². The minimum absolute atomic E-state index is 0.486. The van der Waals surface area contributed by atoms with Crippen molar-refractivity contribution in [3.05, 3.63) is 47.8 Å². The maximum absolute atomic E-state index is 9.03. The molecule has 0 radical (unpaired) electrons. The van der Waals surface area contributed by atoms with Crippen molar-refractivity contribution in [3.63, 3.8) is 0 Å². The van der Waals surface area contributed by atoms with Gasteiger partial charge in [-0.05, 0) is 36.8 Å². The molecule has 0 aliphatic rings. The summed E-state index contributed by atoms with van der Waals surface area (Å²) in [5.41, 5.74) is 9.66. The van der Waals surface area contributed by atoms with Gasteiger partial charge in [-0.2, -0.15) is 5.26 Å². The third-order valence-corrected chi connectivity index (χ3v) is 3.02. The Morgan fingerprint density at radius 2 is 2.11 bits per heavy atom. The zero-order chi connectivity index (χ0) is 13.4. The zero-order valence-corrected chi connectivity index (χ0v) is 10.3. The van der Waals surface area contributed by atoms with Crippen LogP contribution in [0.15, 0.2) is 36.5 Å². The number of benzene rings is 1. The van der Waals surface area contributed by atoms with Crippen LogP contribution in [0.25, 0.3) is 16.9 Å². The monoisotopic (exact) mass is 249 g/mol. The molecule has 92 valence electrons. The van der Waals surface area contributed by atoms with Crippen molar-refractivity contribution in [3.8, 4) is 17.5 Å². The Morgan fingerprint density at radius 1 is 1.26 bits per heavy atom. The number of fused-ring (bicyclic) bond motifs is 1. The number of aryl methyl sites for hydroxylation is 1. The van der Waals surface area contributed by atoms with E-state index in [1.54, 1.807) is 16.8 Å². The average molecular weight is 249 g/mol. The quantitative estimate of drug-likeness (QED) is 0.670. The van der Waals surface area contributed by atoms with E-state index < -0.39 is 0 Å². The van der Waals surface area contributed by atoms with E-state index in [4.69, 9.17) is 11.0 Å². The van der Waals surface area contributed by atoms with Crippen molar-refractivity contribution in [1.82, 2.24) is 14.6 Å². The second kappa shape index (κ2) is 4.10. The molecule has 0 amide bonds. The molecule has 5 heteroatoms. The predicted octanol–water partition coefficient (Wildman–Crippen LogP) is 2.16. The number of hydrogen-bond donors (Lipinski definition) is 1.